The molecule has 0 aromatic heterocycles. The Balaban J connectivity index is 1.62. The van der Waals surface area contributed by atoms with E-state index in [1.807, 2.05) is 43.3 Å². The summed E-state index contributed by atoms with van der Waals surface area (Å²) in [5.41, 5.74) is 1.68. The molecule has 0 aliphatic carbocycles. The summed E-state index contributed by atoms with van der Waals surface area (Å²) in [4.78, 5) is 13.1. The monoisotopic (exact) mass is 410 g/mol. The summed E-state index contributed by atoms with van der Waals surface area (Å²) in [6.45, 7) is 2.82. The van der Waals surface area contributed by atoms with Crippen LogP contribution in [-0.2, 0) is 10.0 Å². The van der Waals surface area contributed by atoms with E-state index < -0.39 is 10.0 Å². The number of ether oxygens (including phenoxy) is 1. The van der Waals surface area contributed by atoms with Crippen molar-refractivity contribution in [2.24, 2.45) is 0 Å². The lowest BCUT2D eigenvalue weighted by Crippen LogP contribution is -2.25. The van der Waals surface area contributed by atoms with Gasteiger partial charge in [0.15, 0.2) is 0 Å². The van der Waals surface area contributed by atoms with Gasteiger partial charge < -0.3 is 10.1 Å². The fourth-order valence-corrected chi connectivity index (χ4v) is 5.16. The molecule has 0 saturated carbocycles. The van der Waals surface area contributed by atoms with Crippen LogP contribution < -0.4 is 14.4 Å². The minimum absolute atomic E-state index is 0.173. The van der Waals surface area contributed by atoms with Gasteiger partial charge in [0, 0.05) is 12.2 Å². The van der Waals surface area contributed by atoms with Crippen LogP contribution in [-0.4, -0.2) is 33.2 Å². The topological polar surface area (TPSA) is 75.7 Å². The maximum atomic E-state index is 13.1. The molecule has 0 unspecified atom stereocenters. The number of nitrogens with zero attached hydrogens (tertiary/aromatic N) is 1. The molecule has 1 heterocycles. The number of hydrogen-bond acceptors (Lipinski definition) is 4. The van der Waals surface area contributed by atoms with Gasteiger partial charge in [-0.05, 0) is 54.4 Å². The molecule has 1 amide bonds. The molecule has 3 aromatic rings. The zero-order chi connectivity index (χ0) is 20.4. The molecule has 150 valence electrons. The normalized spacial score (nSPS) is 15.4. The molecular formula is C22H22N2O4S. The molecule has 3 aromatic carbocycles. The quantitative estimate of drug-likeness (QED) is 0.689. The van der Waals surface area contributed by atoms with E-state index >= 15 is 0 Å². The van der Waals surface area contributed by atoms with Crippen molar-refractivity contribution in [2.75, 3.05) is 28.5 Å². The average molecular weight is 410 g/mol. The molecule has 29 heavy (non-hydrogen) atoms. The summed E-state index contributed by atoms with van der Waals surface area (Å²) in [6, 6.07) is 18.3. The first-order chi connectivity index (χ1) is 14.0. The summed E-state index contributed by atoms with van der Waals surface area (Å²) in [6.07, 6.45) is 0.627. The van der Waals surface area contributed by atoms with Gasteiger partial charge in [0.1, 0.15) is 5.75 Å². The Morgan fingerprint density at radius 2 is 1.83 bits per heavy atom. The number of anilines is 2. The average Bonchev–Trinajstić information content (AvgIpc) is 3.07. The molecule has 1 aliphatic rings. The predicted octanol–water partition coefficient (Wildman–Crippen LogP) is 4.03. The maximum Gasteiger partial charge on any atom is 0.260 e. The largest absolute Gasteiger partial charge is 0.493 e. The third-order valence-corrected chi connectivity index (χ3v) is 6.80. The fourth-order valence-electron chi connectivity index (χ4n) is 3.60. The molecule has 0 atom stereocenters. The number of hydrogen-bond donors (Lipinski definition) is 1. The Bertz CT molecular complexity index is 1160. The van der Waals surface area contributed by atoms with Crippen LogP contribution in [0.3, 0.4) is 0 Å². The number of carbonyl (C=O) groups is 1. The van der Waals surface area contributed by atoms with Gasteiger partial charge in [0.05, 0.1) is 23.6 Å². The van der Waals surface area contributed by atoms with Crippen LogP contribution in [0.5, 0.6) is 5.75 Å². The van der Waals surface area contributed by atoms with Crippen LogP contribution in [0.1, 0.15) is 23.7 Å². The molecular weight excluding hydrogens is 388 g/mol. The second-order valence-electron chi connectivity index (χ2n) is 6.84. The Kier molecular flexibility index (Phi) is 5.15. The van der Waals surface area contributed by atoms with Crippen molar-refractivity contribution in [1.82, 2.24) is 0 Å². The summed E-state index contributed by atoms with van der Waals surface area (Å²) in [5, 5.41) is 4.67. The lowest BCUT2D eigenvalue weighted by molar-refractivity contribution is 0.102. The van der Waals surface area contributed by atoms with Gasteiger partial charge >= 0.3 is 0 Å². The van der Waals surface area contributed by atoms with Crippen LogP contribution in [0.2, 0.25) is 0 Å². The third-order valence-electron chi connectivity index (χ3n) is 4.93. The Morgan fingerprint density at radius 1 is 1.07 bits per heavy atom. The molecule has 7 heteroatoms. The van der Waals surface area contributed by atoms with Gasteiger partial charge in [0.2, 0.25) is 10.0 Å². The van der Waals surface area contributed by atoms with Gasteiger partial charge in [-0.1, -0.05) is 30.3 Å². The van der Waals surface area contributed by atoms with Crippen LogP contribution in [0.15, 0.2) is 60.7 Å². The number of sulfonamides is 1. The highest BCUT2D eigenvalue weighted by atomic mass is 32.2. The fraction of sp³-hybridized carbons (Fsp3) is 0.227. The molecule has 0 radical (unpaired) electrons. The van der Waals surface area contributed by atoms with Crippen molar-refractivity contribution in [2.45, 2.75) is 13.3 Å². The molecule has 1 N–H and O–H groups in total. The van der Waals surface area contributed by atoms with Gasteiger partial charge in [0.25, 0.3) is 5.91 Å². The van der Waals surface area contributed by atoms with Crippen molar-refractivity contribution in [3.8, 4) is 5.75 Å². The number of amides is 1. The van der Waals surface area contributed by atoms with Gasteiger partial charge in [-0.3, -0.25) is 9.10 Å². The lowest BCUT2D eigenvalue weighted by atomic mass is 10.0. The molecule has 0 spiro atoms. The van der Waals surface area contributed by atoms with Crippen LogP contribution >= 0.6 is 0 Å². The van der Waals surface area contributed by atoms with E-state index in [4.69, 9.17) is 4.74 Å². The van der Waals surface area contributed by atoms with Gasteiger partial charge in [-0.15, -0.1) is 0 Å². The summed E-state index contributed by atoms with van der Waals surface area (Å²) in [7, 11) is -3.23. The third kappa shape index (κ3) is 3.78. The van der Waals surface area contributed by atoms with Crippen LogP contribution in [0, 0.1) is 0 Å². The Morgan fingerprint density at radius 3 is 2.52 bits per heavy atom. The highest BCUT2D eigenvalue weighted by molar-refractivity contribution is 7.93. The first kappa shape index (κ1) is 19.3. The minimum atomic E-state index is -3.23. The molecule has 1 fully saturated rings. The van der Waals surface area contributed by atoms with Gasteiger partial charge in [-0.25, -0.2) is 8.42 Å². The van der Waals surface area contributed by atoms with E-state index in [-0.39, 0.29) is 11.7 Å². The lowest BCUT2D eigenvalue weighted by Gasteiger charge is -2.17. The van der Waals surface area contributed by atoms with Crippen molar-refractivity contribution in [3.63, 3.8) is 0 Å². The molecule has 1 aliphatic heterocycles. The first-order valence-electron chi connectivity index (χ1n) is 9.56. The van der Waals surface area contributed by atoms with Crippen molar-refractivity contribution < 1.29 is 17.9 Å². The van der Waals surface area contributed by atoms with Crippen molar-refractivity contribution >= 4 is 38.1 Å². The van der Waals surface area contributed by atoms with E-state index in [1.54, 1.807) is 24.3 Å². The second-order valence-corrected chi connectivity index (χ2v) is 8.85. The van der Waals surface area contributed by atoms with E-state index in [2.05, 4.69) is 5.32 Å². The van der Waals surface area contributed by atoms with E-state index in [0.717, 1.165) is 10.8 Å². The van der Waals surface area contributed by atoms with Crippen molar-refractivity contribution in [1.29, 1.82) is 0 Å². The first-order valence-corrected chi connectivity index (χ1v) is 11.2. The second kappa shape index (κ2) is 7.75. The number of carbonyl (C=O) groups excluding carboxylic acids is 1. The molecule has 4 rings (SSSR count). The summed E-state index contributed by atoms with van der Waals surface area (Å²) in [5.74, 6) is 0.433. The molecule has 6 nitrogen and oxygen atoms in total. The standard InChI is InChI=1S/C22H22N2O4S/c1-2-28-20-13-8-16-6-3-4-7-19(16)21(20)22(25)23-17-9-11-18(12-10-17)24-14-5-15-29(24,26)27/h3-4,6-13H,2,5,14-15H2,1H3,(H,23,25). The van der Waals surface area contributed by atoms with E-state index in [0.29, 0.717) is 42.3 Å². The smallest absolute Gasteiger partial charge is 0.260 e. The van der Waals surface area contributed by atoms with E-state index in [1.165, 1.54) is 4.31 Å². The maximum absolute atomic E-state index is 13.1. The molecule has 1 saturated heterocycles. The Labute approximate surface area is 170 Å². The van der Waals surface area contributed by atoms with E-state index in [9.17, 15) is 13.2 Å². The number of benzene rings is 3. The highest BCUT2D eigenvalue weighted by Gasteiger charge is 2.28. The summed E-state index contributed by atoms with van der Waals surface area (Å²) < 4.78 is 31.2. The minimum Gasteiger partial charge on any atom is -0.493 e. The van der Waals surface area contributed by atoms with Crippen LogP contribution in [0.25, 0.3) is 10.8 Å². The number of nitrogens with one attached hydrogen (secondary N) is 1. The number of rotatable bonds is 5. The Hall–Kier alpha value is -3.06. The predicted molar refractivity (Wildman–Crippen MR) is 115 cm³/mol. The SMILES string of the molecule is CCOc1ccc2ccccc2c1C(=O)Nc1ccc(N2CCCS2(=O)=O)cc1. The molecule has 0 bridgehead atoms. The number of fused-ring (bicyclic) bond motifs is 1. The zero-order valence-corrected chi connectivity index (χ0v) is 16.9. The zero-order valence-electron chi connectivity index (χ0n) is 16.1. The van der Waals surface area contributed by atoms with Gasteiger partial charge in [-0.2, -0.15) is 0 Å². The van der Waals surface area contributed by atoms with Crippen LogP contribution in [0.4, 0.5) is 11.4 Å². The summed E-state index contributed by atoms with van der Waals surface area (Å²) >= 11 is 0. The highest BCUT2D eigenvalue weighted by Crippen LogP contribution is 2.30. The van der Waals surface area contributed by atoms with Crippen molar-refractivity contribution in [3.05, 3.63) is 66.2 Å².